The largest absolute Gasteiger partial charge is 0.573 e. The van der Waals surface area contributed by atoms with E-state index < -0.39 is 12.3 Å². The number of alkyl halides is 3. The number of carbonyl (C=O) groups is 1. The first-order valence-electron chi connectivity index (χ1n) is 6.32. The molecule has 0 fully saturated rings. The summed E-state index contributed by atoms with van der Waals surface area (Å²) in [5.74, 6) is -0.821. The Morgan fingerprint density at radius 1 is 1.00 bits per heavy atom. The van der Waals surface area contributed by atoms with Crippen molar-refractivity contribution in [2.24, 2.45) is 0 Å². The van der Waals surface area contributed by atoms with Gasteiger partial charge in [-0.25, -0.2) is 0 Å². The quantitative estimate of drug-likeness (QED) is 0.772. The van der Waals surface area contributed by atoms with Crippen molar-refractivity contribution in [3.05, 3.63) is 65.7 Å². The minimum atomic E-state index is -4.72. The SMILES string of the molecule is CC(C(=O)c1ccccc1)c1ccc(OC(F)(F)F)cc1. The first kappa shape index (κ1) is 15.1. The van der Waals surface area contributed by atoms with E-state index in [0.29, 0.717) is 11.1 Å². The lowest BCUT2D eigenvalue weighted by Gasteiger charge is -2.13. The van der Waals surface area contributed by atoms with Crippen LogP contribution in [0.5, 0.6) is 5.75 Å². The first-order valence-corrected chi connectivity index (χ1v) is 6.32. The second-order valence-corrected chi connectivity index (χ2v) is 4.57. The molecule has 110 valence electrons. The van der Waals surface area contributed by atoms with Gasteiger partial charge in [0.05, 0.1) is 0 Å². The van der Waals surface area contributed by atoms with E-state index in [1.807, 2.05) is 6.07 Å². The first-order chi connectivity index (χ1) is 9.87. The van der Waals surface area contributed by atoms with Crippen LogP contribution < -0.4 is 4.74 Å². The summed E-state index contributed by atoms with van der Waals surface area (Å²) < 4.78 is 40.0. The minimum absolute atomic E-state index is 0.0833. The molecule has 1 unspecified atom stereocenters. The van der Waals surface area contributed by atoms with E-state index in [0.717, 1.165) is 0 Å². The molecule has 21 heavy (non-hydrogen) atoms. The Bertz CT molecular complexity index is 604. The van der Waals surface area contributed by atoms with Crippen LogP contribution in [0.15, 0.2) is 54.6 Å². The van der Waals surface area contributed by atoms with Gasteiger partial charge < -0.3 is 4.74 Å². The molecule has 0 saturated heterocycles. The van der Waals surface area contributed by atoms with Crippen LogP contribution in [-0.4, -0.2) is 12.1 Å². The molecule has 0 aromatic heterocycles. The topological polar surface area (TPSA) is 26.3 Å². The molecule has 0 bridgehead atoms. The molecule has 0 radical (unpaired) electrons. The zero-order chi connectivity index (χ0) is 15.5. The van der Waals surface area contributed by atoms with Crippen LogP contribution in [0.1, 0.15) is 28.8 Å². The molecule has 0 aliphatic heterocycles. The second-order valence-electron chi connectivity index (χ2n) is 4.57. The van der Waals surface area contributed by atoms with Gasteiger partial charge >= 0.3 is 6.36 Å². The van der Waals surface area contributed by atoms with E-state index in [9.17, 15) is 18.0 Å². The van der Waals surface area contributed by atoms with Gasteiger partial charge in [-0.2, -0.15) is 0 Å². The molecule has 2 aromatic carbocycles. The van der Waals surface area contributed by atoms with Crippen LogP contribution >= 0.6 is 0 Å². The predicted molar refractivity (Wildman–Crippen MR) is 72.3 cm³/mol. The fourth-order valence-corrected chi connectivity index (χ4v) is 1.96. The number of ketones is 1. The van der Waals surface area contributed by atoms with E-state index >= 15 is 0 Å². The van der Waals surface area contributed by atoms with Crippen LogP contribution in [0.25, 0.3) is 0 Å². The fraction of sp³-hybridized carbons (Fsp3) is 0.188. The third-order valence-corrected chi connectivity index (χ3v) is 3.07. The third kappa shape index (κ3) is 4.08. The van der Waals surface area contributed by atoms with Gasteiger partial charge in [-0.1, -0.05) is 49.4 Å². The Morgan fingerprint density at radius 3 is 2.10 bits per heavy atom. The summed E-state index contributed by atoms with van der Waals surface area (Å²) in [7, 11) is 0. The Labute approximate surface area is 120 Å². The minimum Gasteiger partial charge on any atom is -0.406 e. The Kier molecular flexibility index (Phi) is 4.31. The lowest BCUT2D eigenvalue weighted by atomic mass is 9.92. The van der Waals surface area contributed by atoms with Crippen molar-refractivity contribution in [3.63, 3.8) is 0 Å². The zero-order valence-electron chi connectivity index (χ0n) is 11.2. The molecule has 2 rings (SSSR count). The maximum atomic E-state index is 12.2. The van der Waals surface area contributed by atoms with Crippen molar-refractivity contribution in [2.45, 2.75) is 19.2 Å². The zero-order valence-corrected chi connectivity index (χ0v) is 11.2. The van der Waals surface area contributed by atoms with E-state index in [1.54, 1.807) is 31.2 Å². The van der Waals surface area contributed by atoms with Crippen molar-refractivity contribution in [1.29, 1.82) is 0 Å². The summed E-state index contributed by atoms with van der Waals surface area (Å²) in [6, 6.07) is 14.1. The third-order valence-electron chi connectivity index (χ3n) is 3.07. The average molecular weight is 294 g/mol. The van der Waals surface area contributed by atoms with Crippen LogP contribution in [0.2, 0.25) is 0 Å². The normalized spacial score (nSPS) is 12.8. The van der Waals surface area contributed by atoms with Crippen molar-refractivity contribution >= 4 is 5.78 Å². The number of hydrogen-bond acceptors (Lipinski definition) is 2. The maximum Gasteiger partial charge on any atom is 0.573 e. The molecule has 5 heteroatoms. The molecular weight excluding hydrogens is 281 g/mol. The molecule has 2 nitrogen and oxygen atoms in total. The summed E-state index contributed by atoms with van der Waals surface area (Å²) >= 11 is 0. The highest BCUT2D eigenvalue weighted by Crippen LogP contribution is 2.26. The molecule has 0 heterocycles. The molecule has 0 aliphatic carbocycles. The van der Waals surface area contributed by atoms with Crippen LogP contribution in [0.4, 0.5) is 13.2 Å². The monoisotopic (exact) mass is 294 g/mol. The maximum absolute atomic E-state index is 12.2. The van der Waals surface area contributed by atoms with E-state index in [2.05, 4.69) is 4.74 Å². The van der Waals surface area contributed by atoms with Gasteiger partial charge in [0.25, 0.3) is 0 Å². The molecule has 0 spiro atoms. The fourth-order valence-electron chi connectivity index (χ4n) is 1.96. The van der Waals surface area contributed by atoms with Crippen molar-refractivity contribution in [1.82, 2.24) is 0 Å². The number of ether oxygens (including phenoxy) is 1. The summed E-state index contributed by atoms with van der Waals surface area (Å²) in [6.07, 6.45) is -4.72. The van der Waals surface area contributed by atoms with Crippen molar-refractivity contribution in [2.75, 3.05) is 0 Å². The summed E-state index contributed by atoms with van der Waals surface area (Å²) in [4.78, 5) is 12.2. The summed E-state index contributed by atoms with van der Waals surface area (Å²) in [5, 5.41) is 0. The van der Waals surface area contributed by atoms with Gasteiger partial charge in [0.15, 0.2) is 5.78 Å². The molecule has 2 aromatic rings. The van der Waals surface area contributed by atoms with Crippen LogP contribution in [-0.2, 0) is 0 Å². The van der Waals surface area contributed by atoms with Gasteiger partial charge in [-0.3, -0.25) is 4.79 Å². The highest BCUT2D eigenvalue weighted by molar-refractivity contribution is 6.00. The Morgan fingerprint density at radius 2 is 1.57 bits per heavy atom. The summed E-state index contributed by atoms with van der Waals surface area (Å²) in [5.41, 5.74) is 1.21. The lowest BCUT2D eigenvalue weighted by molar-refractivity contribution is -0.274. The highest BCUT2D eigenvalue weighted by Gasteiger charge is 2.31. The number of benzene rings is 2. The molecule has 1 atom stereocenters. The number of Topliss-reactive ketones (excluding diaryl/α,β-unsaturated/α-hetero) is 1. The number of rotatable bonds is 4. The van der Waals surface area contributed by atoms with Crippen molar-refractivity contribution in [3.8, 4) is 5.75 Å². The number of hydrogen-bond donors (Lipinski definition) is 0. The van der Waals surface area contributed by atoms with Gasteiger partial charge in [0.1, 0.15) is 5.75 Å². The molecule has 0 amide bonds. The Hall–Kier alpha value is -2.30. The van der Waals surface area contributed by atoms with Crippen LogP contribution in [0.3, 0.4) is 0 Å². The Balaban J connectivity index is 2.13. The van der Waals surface area contributed by atoms with Crippen molar-refractivity contribution < 1.29 is 22.7 Å². The molecule has 0 aliphatic rings. The highest BCUT2D eigenvalue weighted by atomic mass is 19.4. The lowest BCUT2D eigenvalue weighted by Crippen LogP contribution is -2.17. The summed E-state index contributed by atoms with van der Waals surface area (Å²) in [6.45, 7) is 1.72. The average Bonchev–Trinajstić information content (AvgIpc) is 2.46. The van der Waals surface area contributed by atoms with Gasteiger partial charge in [-0.05, 0) is 17.7 Å². The number of halogens is 3. The standard InChI is InChI=1S/C16H13F3O2/c1-11(15(20)13-5-3-2-4-6-13)12-7-9-14(10-8-12)21-16(17,18)19/h2-11H,1H3. The van der Waals surface area contributed by atoms with Gasteiger partial charge in [-0.15, -0.1) is 13.2 Å². The van der Waals surface area contributed by atoms with E-state index in [4.69, 9.17) is 0 Å². The second kappa shape index (κ2) is 5.99. The van der Waals surface area contributed by atoms with Crippen LogP contribution in [0, 0.1) is 0 Å². The van der Waals surface area contributed by atoms with E-state index in [1.165, 1.54) is 24.3 Å². The molecular formula is C16H13F3O2. The predicted octanol–water partition coefficient (Wildman–Crippen LogP) is 4.57. The molecule has 0 saturated carbocycles. The number of carbonyl (C=O) groups excluding carboxylic acids is 1. The smallest absolute Gasteiger partial charge is 0.406 e. The van der Waals surface area contributed by atoms with Gasteiger partial charge in [0.2, 0.25) is 0 Å². The van der Waals surface area contributed by atoms with Gasteiger partial charge in [0, 0.05) is 11.5 Å². The van der Waals surface area contributed by atoms with E-state index in [-0.39, 0.29) is 11.5 Å². The molecule has 0 N–H and O–H groups in total.